The highest BCUT2D eigenvalue weighted by atomic mass is 19.4. The molecule has 0 spiro atoms. The lowest BCUT2D eigenvalue weighted by molar-refractivity contribution is -0.138. The van der Waals surface area contributed by atoms with Gasteiger partial charge < -0.3 is 19.7 Å². The molecule has 0 bridgehead atoms. The molecule has 194 valence electrons. The highest BCUT2D eigenvalue weighted by Crippen LogP contribution is 2.41. The van der Waals surface area contributed by atoms with Crippen molar-refractivity contribution in [2.75, 3.05) is 25.5 Å². The summed E-state index contributed by atoms with van der Waals surface area (Å²) in [5.74, 6) is -1.91. The SMILES string of the molecule is COc1nc(-c2cnc3ccc(F)cn23)nc(N[C@@H]2CCCN(C(=O)OC(C)(C)C)C2)c1C(F)(F)F. The van der Waals surface area contributed by atoms with Crippen LogP contribution in [0, 0.1) is 5.82 Å². The van der Waals surface area contributed by atoms with Crippen LogP contribution in [-0.4, -0.2) is 62.2 Å². The fourth-order valence-electron chi connectivity index (χ4n) is 3.96. The standard InChI is InChI=1S/C23H26F4N6O3/c1-22(2,3)36-21(34)32-9-5-6-14(12-32)29-19-17(23(25,26)27)20(35-4)31-18(30-19)15-10-28-16-8-7-13(24)11-33(15)16/h7-8,10-11,14H,5-6,9,12H2,1-4H3,(H,29,30,31)/t14-/m1/s1. The molecule has 3 aromatic rings. The molecule has 1 atom stereocenters. The molecule has 9 nitrogen and oxygen atoms in total. The van der Waals surface area contributed by atoms with Crippen LogP contribution in [0.15, 0.2) is 24.5 Å². The zero-order chi connectivity index (χ0) is 26.3. The van der Waals surface area contributed by atoms with Gasteiger partial charge in [0.25, 0.3) is 0 Å². The molecule has 3 aromatic heterocycles. The first-order valence-corrected chi connectivity index (χ1v) is 11.3. The molecule has 1 saturated heterocycles. The quantitative estimate of drug-likeness (QED) is 0.506. The Morgan fingerprint density at radius 3 is 2.61 bits per heavy atom. The fraction of sp³-hybridized carbons (Fsp3) is 0.478. The molecule has 0 aliphatic carbocycles. The summed E-state index contributed by atoms with van der Waals surface area (Å²) in [7, 11) is 1.07. The van der Waals surface area contributed by atoms with Crippen molar-refractivity contribution in [2.24, 2.45) is 0 Å². The summed E-state index contributed by atoms with van der Waals surface area (Å²) < 4.78 is 67.8. The number of anilines is 1. The summed E-state index contributed by atoms with van der Waals surface area (Å²) in [5, 5.41) is 2.84. The maximum atomic E-state index is 14.1. The minimum absolute atomic E-state index is 0.120. The van der Waals surface area contributed by atoms with E-state index < -0.39 is 47.0 Å². The van der Waals surface area contributed by atoms with Gasteiger partial charge in [0.1, 0.15) is 28.6 Å². The van der Waals surface area contributed by atoms with Crippen molar-refractivity contribution in [1.29, 1.82) is 0 Å². The van der Waals surface area contributed by atoms with Crippen molar-refractivity contribution < 1.29 is 31.8 Å². The van der Waals surface area contributed by atoms with E-state index in [1.54, 1.807) is 20.8 Å². The molecule has 13 heteroatoms. The number of fused-ring (bicyclic) bond motifs is 1. The van der Waals surface area contributed by atoms with E-state index in [1.807, 2.05) is 0 Å². The van der Waals surface area contributed by atoms with Gasteiger partial charge in [0.2, 0.25) is 5.88 Å². The maximum Gasteiger partial charge on any atom is 0.425 e. The number of nitrogens with one attached hydrogen (secondary N) is 1. The number of ether oxygens (including phenoxy) is 2. The van der Waals surface area contributed by atoms with E-state index in [4.69, 9.17) is 9.47 Å². The summed E-state index contributed by atoms with van der Waals surface area (Å²) in [5.41, 5.74) is -1.34. The summed E-state index contributed by atoms with van der Waals surface area (Å²) in [6, 6.07) is 2.10. The number of alkyl halides is 3. The van der Waals surface area contributed by atoms with Crippen LogP contribution in [0.5, 0.6) is 5.88 Å². The normalized spacial score (nSPS) is 16.8. The molecule has 36 heavy (non-hydrogen) atoms. The predicted molar refractivity (Wildman–Crippen MR) is 122 cm³/mol. The number of carbonyl (C=O) groups excluding carboxylic acids is 1. The minimum Gasteiger partial charge on any atom is -0.480 e. The number of hydrogen-bond acceptors (Lipinski definition) is 7. The first-order valence-electron chi connectivity index (χ1n) is 11.3. The number of hydrogen-bond donors (Lipinski definition) is 1. The predicted octanol–water partition coefficient (Wildman–Crippen LogP) is 4.77. The van der Waals surface area contributed by atoms with Crippen molar-refractivity contribution in [1.82, 2.24) is 24.3 Å². The number of piperidine rings is 1. The Hall–Kier alpha value is -3.64. The number of amides is 1. The fourth-order valence-corrected chi connectivity index (χ4v) is 3.96. The van der Waals surface area contributed by atoms with Crippen LogP contribution >= 0.6 is 0 Å². The Labute approximate surface area is 204 Å². The second-order valence-corrected chi connectivity index (χ2v) is 9.41. The molecule has 0 radical (unpaired) electrons. The van der Waals surface area contributed by atoms with Gasteiger partial charge in [0.05, 0.1) is 13.3 Å². The van der Waals surface area contributed by atoms with Gasteiger partial charge in [-0.2, -0.15) is 18.2 Å². The number of nitrogens with zero attached hydrogens (tertiary/aromatic N) is 5. The van der Waals surface area contributed by atoms with E-state index in [-0.39, 0.29) is 18.1 Å². The maximum absolute atomic E-state index is 14.1. The van der Waals surface area contributed by atoms with E-state index in [2.05, 4.69) is 20.3 Å². The molecule has 0 saturated carbocycles. The summed E-state index contributed by atoms with van der Waals surface area (Å²) >= 11 is 0. The Morgan fingerprint density at radius 2 is 1.94 bits per heavy atom. The third-order valence-electron chi connectivity index (χ3n) is 5.47. The lowest BCUT2D eigenvalue weighted by Crippen LogP contribution is -2.47. The highest BCUT2D eigenvalue weighted by molar-refractivity contribution is 5.68. The van der Waals surface area contributed by atoms with E-state index in [9.17, 15) is 22.4 Å². The first-order chi connectivity index (χ1) is 16.9. The average molecular weight is 510 g/mol. The molecule has 0 aromatic carbocycles. The third-order valence-corrected chi connectivity index (χ3v) is 5.47. The van der Waals surface area contributed by atoms with Gasteiger partial charge in [0.15, 0.2) is 11.4 Å². The Balaban J connectivity index is 1.72. The van der Waals surface area contributed by atoms with Gasteiger partial charge >= 0.3 is 12.3 Å². The van der Waals surface area contributed by atoms with Crippen LogP contribution in [0.2, 0.25) is 0 Å². The molecule has 1 aliphatic rings. The average Bonchev–Trinajstić information content (AvgIpc) is 3.20. The lowest BCUT2D eigenvalue weighted by atomic mass is 10.1. The molecular formula is C23H26F4N6O3. The van der Waals surface area contributed by atoms with E-state index >= 15 is 0 Å². The van der Waals surface area contributed by atoms with Gasteiger partial charge in [0, 0.05) is 25.3 Å². The topological polar surface area (TPSA) is 93.9 Å². The van der Waals surface area contributed by atoms with E-state index in [0.717, 1.165) is 13.3 Å². The molecule has 1 fully saturated rings. The molecule has 1 amide bonds. The second kappa shape index (κ2) is 9.43. The number of likely N-dealkylation sites (tertiary alicyclic amines) is 1. The van der Waals surface area contributed by atoms with Gasteiger partial charge in [-0.3, -0.25) is 4.40 Å². The second-order valence-electron chi connectivity index (χ2n) is 9.41. The lowest BCUT2D eigenvalue weighted by Gasteiger charge is -2.35. The number of methoxy groups -OCH3 is 1. The monoisotopic (exact) mass is 510 g/mol. The van der Waals surface area contributed by atoms with Crippen LogP contribution < -0.4 is 10.1 Å². The third kappa shape index (κ3) is 5.44. The first kappa shape index (κ1) is 25.5. The van der Waals surface area contributed by atoms with Crippen LogP contribution in [0.3, 0.4) is 0 Å². The Kier molecular flexibility index (Phi) is 6.67. The zero-order valence-electron chi connectivity index (χ0n) is 20.2. The van der Waals surface area contributed by atoms with Gasteiger partial charge in [-0.25, -0.2) is 19.2 Å². The van der Waals surface area contributed by atoms with Crippen molar-refractivity contribution in [3.63, 3.8) is 0 Å². The number of pyridine rings is 1. The smallest absolute Gasteiger partial charge is 0.425 e. The molecule has 4 heterocycles. The van der Waals surface area contributed by atoms with Crippen LogP contribution in [0.25, 0.3) is 17.2 Å². The number of carbonyl (C=O) groups is 1. The van der Waals surface area contributed by atoms with Crippen molar-refractivity contribution in [3.05, 3.63) is 35.9 Å². The summed E-state index contributed by atoms with van der Waals surface area (Å²) in [4.78, 5) is 26.2. The van der Waals surface area contributed by atoms with Crippen molar-refractivity contribution >= 4 is 17.6 Å². The zero-order valence-corrected chi connectivity index (χ0v) is 20.2. The van der Waals surface area contributed by atoms with Crippen molar-refractivity contribution in [2.45, 2.75) is 51.4 Å². The van der Waals surface area contributed by atoms with E-state index in [0.29, 0.717) is 25.0 Å². The molecule has 0 unspecified atom stereocenters. The number of aromatic nitrogens is 4. The molecular weight excluding hydrogens is 484 g/mol. The minimum atomic E-state index is -4.84. The van der Waals surface area contributed by atoms with Gasteiger partial charge in [-0.05, 0) is 45.7 Å². The van der Waals surface area contributed by atoms with Crippen molar-refractivity contribution in [3.8, 4) is 17.4 Å². The highest BCUT2D eigenvalue weighted by Gasteiger charge is 2.41. The molecule has 1 N–H and O–H groups in total. The van der Waals surface area contributed by atoms with Crippen LogP contribution in [0.1, 0.15) is 39.2 Å². The largest absolute Gasteiger partial charge is 0.480 e. The number of imidazole rings is 1. The van der Waals surface area contributed by atoms with Gasteiger partial charge in [-0.15, -0.1) is 0 Å². The number of rotatable bonds is 4. The molecule has 1 aliphatic heterocycles. The summed E-state index contributed by atoms with van der Waals surface area (Å²) in [6.45, 7) is 5.75. The molecule has 4 rings (SSSR count). The summed E-state index contributed by atoms with van der Waals surface area (Å²) in [6.07, 6.45) is -1.85. The van der Waals surface area contributed by atoms with Gasteiger partial charge in [-0.1, -0.05) is 0 Å². The number of halogens is 4. The Morgan fingerprint density at radius 1 is 1.19 bits per heavy atom. The van der Waals surface area contributed by atoms with Crippen LogP contribution in [-0.2, 0) is 10.9 Å². The van der Waals surface area contributed by atoms with E-state index in [1.165, 1.54) is 27.6 Å². The van der Waals surface area contributed by atoms with Crippen LogP contribution in [0.4, 0.5) is 28.2 Å². The Bertz CT molecular complexity index is 1270.